The highest BCUT2D eigenvalue weighted by Crippen LogP contribution is 2.39. The highest BCUT2D eigenvalue weighted by molar-refractivity contribution is 6.56. The van der Waals surface area contributed by atoms with Gasteiger partial charge in [0.25, 0.3) is 0 Å². The van der Waals surface area contributed by atoms with Crippen molar-refractivity contribution in [3.63, 3.8) is 0 Å². The standard InChI is InChI=1S/C22H34BNO6/c1-20(2,3)28-19(25)24-14-16(23-29-21(4,5)22(6,7)30-23)12-15-10-11-17(26-8)18(13-15)27-9/h10-13H,14H2,1-9H3,(H,24,25). The van der Waals surface area contributed by atoms with E-state index >= 15 is 0 Å². The summed E-state index contributed by atoms with van der Waals surface area (Å²) in [5, 5.41) is 2.80. The quantitative estimate of drug-likeness (QED) is 0.696. The third kappa shape index (κ3) is 5.92. The Morgan fingerprint density at radius 3 is 2.13 bits per heavy atom. The second-order valence-corrected chi connectivity index (χ2v) is 9.28. The van der Waals surface area contributed by atoms with Crippen molar-refractivity contribution in [2.45, 2.75) is 65.3 Å². The summed E-state index contributed by atoms with van der Waals surface area (Å²) in [5.74, 6) is 1.25. The van der Waals surface area contributed by atoms with Crippen molar-refractivity contribution in [1.82, 2.24) is 5.32 Å². The van der Waals surface area contributed by atoms with Crippen LogP contribution in [-0.4, -0.2) is 50.8 Å². The largest absolute Gasteiger partial charge is 0.493 e. The van der Waals surface area contributed by atoms with Gasteiger partial charge in [0, 0.05) is 6.54 Å². The Kier molecular flexibility index (Phi) is 7.14. The Hall–Kier alpha value is -2.19. The summed E-state index contributed by atoms with van der Waals surface area (Å²) < 4.78 is 28.4. The molecule has 0 atom stereocenters. The fourth-order valence-electron chi connectivity index (χ4n) is 2.84. The number of carbonyl (C=O) groups is 1. The number of nitrogens with one attached hydrogen (secondary N) is 1. The van der Waals surface area contributed by atoms with E-state index in [0.717, 1.165) is 11.0 Å². The first-order chi connectivity index (χ1) is 13.8. The smallest absolute Gasteiger partial charge is 0.492 e. The summed E-state index contributed by atoms with van der Waals surface area (Å²) in [7, 11) is 2.57. The summed E-state index contributed by atoms with van der Waals surface area (Å²) in [4.78, 5) is 12.2. The molecule has 2 rings (SSSR count). The van der Waals surface area contributed by atoms with Gasteiger partial charge in [0.05, 0.1) is 25.4 Å². The predicted octanol–water partition coefficient (Wildman–Crippen LogP) is 4.24. The molecule has 30 heavy (non-hydrogen) atoms. The maximum atomic E-state index is 12.2. The lowest BCUT2D eigenvalue weighted by Gasteiger charge is -2.32. The molecule has 1 fully saturated rings. The highest BCUT2D eigenvalue weighted by Gasteiger charge is 2.52. The van der Waals surface area contributed by atoms with E-state index in [-0.39, 0.29) is 6.54 Å². The molecule has 0 radical (unpaired) electrons. The Morgan fingerprint density at radius 2 is 1.63 bits per heavy atom. The van der Waals surface area contributed by atoms with Crippen molar-refractivity contribution in [3.8, 4) is 11.5 Å². The van der Waals surface area contributed by atoms with E-state index < -0.39 is 30.0 Å². The molecule has 8 heteroatoms. The summed E-state index contributed by atoms with van der Waals surface area (Å²) >= 11 is 0. The molecule has 1 heterocycles. The molecule has 7 nitrogen and oxygen atoms in total. The molecular formula is C22H34BNO6. The van der Waals surface area contributed by atoms with E-state index in [1.54, 1.807) is 14.2 Å². The van der Waals surface area contributed by atoms with E-state index in [1.807, 2.05) is 72.7 Å². The summed E-state index contributed by atoms with van der Waals surface area (Å²) in [6.07, 6.45) is 1.42. The van der Waals surface area contributed by atoms with E-state index in [4.69, 9.17) is 23.5 Å². The molecule has 0 saturated carbocycles. The third-order valence-electron chi connectivity index (χ3n) is 5.15. The minimum atomic E-state index is -0.613. The molecule has 1 aliphatic rings. The molecule has 1 saturated heterocycles. The first-order valence-electron chi connectivity index (χ1n) is 10.0. The van der Waals surface area contributed by atoms with E-state index in [9.17, 15) is 4.79 Å². The van der Waals surface area contributed by atoms with Crippen molar-refractivity contribution in [2.75, 3.05) is 20.8 Å². The highest BCUT2D eigenvalue weighted by atomic mass is 16.7. The number of rotatable bonds is 6. The van der Waals surface area contributed by atoms with E-state index in [2.05, 4.69) is 5.32 Å². The van der Waals surface area contributed by atoms with Crippen LogP contribution < -0.4 is 14.8 Å². The number of hydrogen-bond donors (Lipinski definition) is 1. The van der Waals surface area contributed by atoms with Crippen LogP contribution in [0.2, 0.25) is 0 Å². The first-order valence-corrected chi connectivity index (χ1v) is 10.0. The van der Waals surface area contributed by atoms with Gasteiger partial charge in [0.15, 0.2) is 11.5 Å². The Bertz CT molecular complexity index is 781. The van der Waals surface area contributed by atoms with Crippen LogP contribution in [0, 0.1) is 0 Å². The number of amides is 1. The van der Waals surface area contributed by atoms with E-state index in [0.29, 0.717) is 11.5 Å². The van der Waals surface area contributed by atoms with Crippen molar-refractivity contribution < 1.29 is 28.3 Å². The fourth-order valence-corrected chi connectivity index (χ4v) is 2.84. The first kappa shape index (κ1) is 24.1. The normalized spacial score (nSPS) is 18.2. The van der Waals surface area contributed by atoms with Crippen molar-refractivity contribution >= 4 is 19.3 Å². The molecule has 0 aliphatic carbocycles. The van der Waals surface area contributed by atoms with Crippen LogP contribution in [0.5, 0.6) is 11.5 Å². The van der Waals surface area contributed by atoms with Gasteiger partial charge in [-0.05, 0) is 71.6 Å². The number of benzene rings is 1. The molecule has 1 aliphatic heterocycles. The van der Waals surface area contributed by atoms with Crippen molar-refractivity contribution in [2.24, 2.45) is 0 Å². The lowest BCUT2D eigenvalue weighted by molar-refractivity contribution is 0.00578. The lowest BCUT2D eigenvalue weighted by atomic mass is 9.77. The van der Waals surface area contributed by atoms with E-state index in [1.165, 1.54) is 0 Å². The number of methoxy groups -OCH3 is 2. The summed E-state index contributed by atoms with van der Waals surface area (Å²) in [5.41, 5.74) is 0.0393. The molecule has 0 bridgehead atoms. The number of carbonyl (C=O) groups excluding carboxylic acids is 1. The second kappa shape index (κ2) is 8.90. The van der Waals surface area contributed by atoms with Gasteiger partial charge in [-0.3, -0.25) is 0 Å². The molecule has 1 aromatic carbocycles. The maximum Gasteiger partial charge on any atom is 0.492 e. The number of alkyl carbamates (subject to hydrolysis) is 1. The van der Waals surface area contributed by atoms with Crippen LogP contribution in [0.25, 0.3) is 6.08 Å². The van der Waals surface area contributed by atoms with Crippen LogP contribution in [0.1, 0.15) is 54.0 Å². The van der Waals surface area contributed by atoms with Gasteiger partial charge in [-0.2, -0.15) is 0 Å². The van der Waals surface area contributed by atoms with Crippen LogP contribution in [0.3, 0.4) is 0 Å². The van der Waals surface area contributed by atoms with Crippen molar-refractivity contribution in [3.05, 3.63) is 29.2 Å². The number of ether oxygens (including phenoxy) is 3. The number of hydrogen-bond acceptors (Lipinski definition) is 6. The second-order valence-electron chi connectivity index (χ2n) is 9.28. The Labute approximate surface area is 180 Å². The molecule has 1 aromatic rings. The van der Waals surface area contributed by atoms with Gasteiger partial charge in [-0.1, -0.05) is 12.1 Å². The third-order valence-corrected chi connectivity index (χ3v) is 5.15. The average molecular weight is 419 g/mol. The van der Waals surface area contributed by atoms with Gasteiger partial charge < -0.3 is 28.8 Å². The van der Waals surface area contributed by atoms with Crippen LogP contribution in [0.4, 0.5) is 4.79 Å². The van der Waals surface area contributed by atoms with Crippen molar-refractivity contribution in [1.29, 1.82) is 0 Å². The molecule has 0 aromatic heterocycles. The minimum Gasteiger partial charge on any atom is -0.493 e. The molecule has 1 N–H and O–H groups in total. The summed E-state index contributed by atoms with van der Waals surface area (Å²) in [6, 6.07) is 5.59. The average Bonchev–Trinajstić information content (AvgIpc) is 2.84. The minimum absolute atomic E-state index is 0.208. The van der Waals surface area contributed by atoms with Gasteiger partial charge in [0.1, 0.15) is 5.60 Å². The Balaban J connectivity index is 2.32. The topological polar surface area (TPSA) is 75.3 Å². The van der Waals surface area contributed by atoms with Crippen LogP contribution >= 0.6 is 0 Å². The monoisotopic (exact) mass is 419 g/mol. The van der Waals surface area contributed by atoms with Crippen LogP contribution in [0.15, 0.2) is 23.7 Å². The fraction of sp³-hybridized carbons (Fsp3) is 0.591. The molecule has 1 amide bonds. The maximum absolute atomic E-state index is 12.2. The molecule has 0 unspecified atom stereocenters. The summed E-state index contributed by atoms with van der Waals surface area (Å²) in [6.45, 7) is 13.6. The zero-order valence-electron chi connectivity index (χ0n) is 19.5. The van der Waals surface area contributed by atoms with Gasteiger partial charge in [-0.15, -0.1) is 0 Å². The molecule has 166 valence electrons. The lowest BCUT2D eigenvalue weighted by Crippen LogP contribution is -2.41. The predicted molar refractivity (Wildman–Crippen MR) is 118 cm³/mol. The molecular weight excluding hydrogens is 385 g/mol. The van der Waals surface area contributed by atoms with Crippen LogP contribution in [-0.2, 0) is 14.0 Å². The Morgan fingerprint density at radius 1 is 1.07 bits per heavy atom. The zero-order chi connectivity index (χ0) is 22.7. The zero-order valence-corrected chi connectivity index (χ0v) is 19.5. The van der Waals surface area contributed by atoms with Gasteiger partial charge in [-0.25, -0.2) is 4.79 Å². The molecule has 0 spiro atoms. The van der Waals surface area contributed by atoms with Gasteiger partial charge in [0.2, 0.25) is 0 Å². The SMILES string of the molecule is COc1ccc(C=C(CNC(=O)OC(C)(C)C)B2OC(C)(C)C(C)(C)O2)cc1OC. The van der Waals surface area contributed by atoms with Gasteiger partial charge >= 0.3 is 13.2 Å².